The average Bonchev–Trinajstić information content (AvgIpc) is 2.97. The van der Waals surface area contributed by atoms with Crippen molar-refractivity contribution in [2.24, 2.45) is 5.92 Å². The monoisotopic (exact) mass is 367 g/mol. The Hall–Kier alpha value is -1.21. The van der Waals surface area contributed by atoms with Gasteiger partial charge in [0.2, 0.25) is 0 Å². The SMILES string of the molecule is CC(O)C(C)C(Cn1cncn1)(O[Si](C)(C)C)c1ccc(Cl)cc1. The van der Waals surface area contributed by atoms with E-state index >= 15 is 0 Å². The molecule has 0 saturated heterocycles. The third-order valence-corrected chi connectivity index (χ3v) is 5.37. The van der Waals surface area contributed by atoms with Gasteiger partial charge in [-0.3, -0.25) is 0 Å². The Bertz CT molecular complexity index is 641. The molecule has 2 aromatic rings. The molecule has 1 heterocycles. The molecule has 1 aromatic heterocycles. The lowest BCUT2D eigenvalue weighted by molar-refractivity contribution is -0.0633. The summed E-state index contributed by atoms with van der Waals surface area (Å²) >= 11 is 6.07. The average molecular weight is 368 g/mol. The number of halogens is 1. The minimum atomic E-state index is -1.94. The van der Waals surface area contributed by atoms with Gasteiger partial charge in [0.25, 0.3) is 0 Å². The predicted molar refractivity (Wildman–Crippen MR) is 98.4 cm³/mol. The number of aliphatic hydroxyl groups is 1. The van der Waals surface area contributed by atoms with Gasteiger partial charge in [0.05, 0.1) is 12.6 Å². The van der Waals surface area contributed by atoms with Crippen LogP contribution in [0.5, 0.6) is 0 Å². The van der Waals surface area contributed by atoms with E-state index in [4.69, 9.17) is 16.0 Å². The normalized spacial score (nSPS) is 17.3. The molecule has 0 fully saturated rings. The number of hydrogen-bond acceptors (Lipinski definition) is 4. The summed E-state index contributed by atoms with van der Waals surface area (Å²) in [5, 5.41) is 15.3. The van der Waals surface area contributed by atoms with Crippen LogP contribution in [0, 0.1) is 5.92 Å². The summed E-state index contributed by atoms with van der Waals surface area (Å²) in [4.78, 5) is 4.04. The van der Waals surface area contributed by atoms with Gasteiger partial charge in [-0.2, -0.15) is 5.10 Å². The molecule has 0 spiro atoms. The Labute approximate surface area is 149 Å². The van der Waals surface area contributed by atoms with Crippen molar-refractivity contribution in [3.63, 3.8) is 0 Å². The molecule has 2 rings (SSSR count). The minimum absolute atomic E-state index is 0.144. The summed E-state index contributed by atoms with van der Waals surface area (Å²) in [5.74, 6) is -0.144. The first-order valence-electron chi connectivity index (χ1n) is 8.11. The highest BCUT2D eigenvalue weighted by Crippen LogP contribution is 2.40. The standard InChI is InChI=1S/C17H26ClN3O2Si/c1-13(14(2)22)17(23-24(3,4)5,10-21-12-19-11-20-21)15-6-8-16(18)9-7-15/h6-9,11-14,22H,10H2,1-5H3. The van der Waals surface area contributed by atoms with E-state index in [-0.39, 0.29) is 5.92 Å². The van der Waals surface area contributed by atoms with E-state index in [2.05, 4.69) is 29.7 Å². The van der Waals surface area contributed by atoms with Crippen molar-refractivity contribution in [3.05, 3.63) is 47.5 Å². The van der Waals surface area contributed by atoms with Crippen LogP contribution in [0.1, 0.15) is 19.4 Å². The Balaban J connectivity index is 2.59. The number of nitrogens with zero attached hydrogens (tertiary/aromatic N) is 3. The second-order valence-electron chi connectivity index (χ2n) is 7.23. The molecule has 0 bridgehead atoms. The maximum Gasteiger partial charge on any atom is 0.185 e. The topological polar surface area (TPSA) is 60.2 Å². The smallest absolute Gasteiger partial charge is 0.185 e. The third kappa shape index (κ3) is 4.45. The number of hydrogen-bond donors (Lipinski definition) is 1. The van der Waals surface area contributed by atoms with Crippen molar-refractivity contribution in [2.75, 3.05) is 0 Å². The predicted octanol–water partition coefficient (Wildman–Crippen LogP) is 3.70. The quantitative estimate of drug-likeness (QED) is 0.758. The highest BCUT2D eigenvalue weighted by atomic mass is 35.5. The summed E-state index contributed by atoms with van der Waals surface area (Å²) in [7, 11) is -1.94. The molecule has 5 nitrogen and oxygen atoms in total. The summed E-state index contributed by atoms with van der Waals surface area (Å²) in [6.45, 7) is 10.7. The maximum atomic E-state index is 10.4. The van der Waals surface area contributed by atoms with Gasteiger partial charge in [-0.1, -0.05) is 30.7 Å². The van der Waals surface area contributed by atoms with E-state index in [0.717, 1.165) is 5.56 Å². The molecule has 0 amide bonds. The number of benzene rings is 1. The third-order valence-electron chi connectivity index (χ3n) is 4.14. The fraction of sp³-hybridized carbons (Fsp3) is 0.529. The largest absolute Gasteiger partial charge is 0.406 e. The van der Waals surface area contributed by atoms with E-state index in [9.17, 15) is 5.11 Å². The lowest BCUT2D eigenvalue weighted by atomic mass is 9.79. The van der Waals surface area contributed by atoms with E-state index in [1.165, 1.54) is 6.33 Å². The van der Waals surface area contributed by atoms with Crippen molar-refractivity contribution in [1.29, 1.82) is 0 Å². The van der Waals surface area contributed by atoms with Gasteiger partial charge in [-0.25, -0.2) is 9.67 Å². The maximum absolute atomic E-state index is 10.4. The van der Waals surface area contributed by atoms with Crippen LogP contribution in [0.3, 0.4) is 0 Å². The summed E-state index contributed by atoms with van der Waals surface area (Å²) in [5.41, 5.74) is 0.273. The van der Waals surface area contributed by atoms with Gasteiger partial charge in [-0.15, -0.1) is 0 Å². The first-order chi connectivity index (χ1) is 11.1. The van der Waals surface area contributed by atoms with Crippen molar-refractivity contribution in [2.45, 2.75) is 51.7 Å². The zero-order chi connectivity index (χ0) is 18.0. The summed E-state index contributed by atoms with van der Waals surface area (Å²) < 4.78 is 8.45. The lowest BCUT2D eigenvalue weighted by Gasteiger charge is -2.45. The van der Waals surface area contributed by atoms with Crippen LogP contribution >= 0.6 is 11.6 Å². The molecular formula is C17H26ClN3O2Si. The fourth-order valence-electron chi connectivity index (χ4n) is 2.91. The zero-order valence-corrected chi connectivity index (χ0v) is 16.7. The number of aliphatic hydroxyl groups excluding tert-OH is 1. The van der Waals surface area contributed by atoms with E-state index < -0.39 is 20.0 Å². The van der Waals surface area contributed by atoms with E-state index in [1.807, 2.05) is 31.2 Å². The zero-order valence-electron chi connectivity index (χ0n) is 14.9. The van der Waals surface area contributed by atoms with Crippen LogP contribution in [-0.2, 0) is 16.6 Å². The van der Waals surface area contributed by atoms with Crippen molar-refractivity contribution in [3.8, 4) is 0 Å². The molecule has 1 N–H and O–H groups in total. The van der Waals surface area contributed by atoms with Crippen molar-refractivity contribution in [1.82, 2.24) is 14.8 Å². The van der Waals surface area contributed by atoms with Crippen molar-refractivity contribution < 1.29 is 9.53 Å². The number of aromatic nitrogens is 3. The Morgan fingerprint density at radius 2 is 1.88 bits per heavy atom. The van der Waals surface area contributed by atoms with Gasteiger partial charge in [0.15, 0.2) is 8.32 Å². The second kappa shape index (κ2) is 7.35. The first kappa shape index (κ1) is 19.1. The van der Waals surface area contributed by atoms with Crippen LogP contribution in [-0.4, -0.2) is 34.3 Å². The Morgan fingerprint density at radius 3 is 2.33 bits per heavy atom. The minimum Gasteiger partial charge on any atom is -0.406 e. The van der Waals surface area contributed by atoms with Crippen LogP contribution in [0.2, 0.25) is 24.7 Å². The molecular weight excluding hydrogens is 342 g/mol. The van der Waals surface area contributed by atoms with Gasteiger partial charge < -0.3 is 9.53 Å². The van der Waals surface area contributed by atoms with Crippen LogP contribution in [0.4, 0.5) is 0 Å². The van der Waals surface area contributed by atoms with Crippen LogP contribution < -0.4 is 0 Å². The Kier molecular flexibility index (Phi) is 5.85. The molecule has 132 valence electrons. The molecule has 0 saturated carbocycles. The molecule has 0 aliphatic carbocycles. The van der Waals surface area contributed by atoms with Crippen LogP contribution in [0.15, 0.2) is 36.9 Å². The van der Waals surface area contributed by atoms with Gasteiger partial charge in [0, 0.05) is 10.9 Å². The molecule has 3 unspecified atom stereocenters. The van der Waals surface area contributed by atoms with E-state index in [0.29, 0.717) is 11.6 Å². The van der Waals surface area contributed by atoms with Gasteiger partial charge >= 0.3 is 0 Å². The van der Waals surface area contributed by atoms with E-state index in [1.54, 1.807) is 17.9 Å². The van der Waals surface area contributed by atoms with Crippen LogP contribution in [0.25, 0.3) is 0 Å². The Morgan fingerprint density at radius 1 is 1.25 bits per heavy atom. The fourth-order valence-corrected chi connectivity index (χ4v) is 4.49. The van der Waals surface area contributed by atoms with Gasteiger partial charge in [-0.05, 0) is 44.3 Å². The van der Waals surface area contributed by atoms with Gasteiger partial charge in [0.1, 0.15) is 18.3 Å². The lowest BCUT2D eigenvalue weighted by Crippen LogP contribution is -2.50. The highest BCUT2D eigenvalue weighted by Gasteiger charge is 2.45. The second-order valence-corrected chi connectivity index (χ2v) is 12.1. The molecule has 0 radical (unpaired) electrons. The number of rotatable bonds is 7. The van der Waals surface area contributed by atoms with Crippen molar-refractivity contribution >= 4 is 19.9 Å². The summed E-state index contributed by atoms with van der Waals surface area (Å²) in [6, 6.07) is 7.65. The molecule has 3 atom stereocenters. The molecule has 0 aliphatic heterocycles. The molecule has 0 aliphatic rings. The molecule has 1 aromatic carbocycles. The first-order valence-corrected chi connectivity index (χ1v) is 11.9. The highest BCUT2D eigenvalue weighted by molar-refractivity contribution is 6.69. The summed E-state index contributed by atoms with van der Waals surface area (Å²) in [6.07, 6.45) is 2.64. The molecule has 24 heavy (non-hydrogen) atoms. The molecule has 7 heteroatoms.